The fraction of sp³-hybridized carbons (Fsp3) is 1.00. The van der Waals surface area contributed by atoms with Gasteiger partial charge in [-0.2, -0.15) is 0 Å². The van der Waals surface area contributed by atoms with E-state index in [4.69, 9.17) is 15.3 Å². The molecule has 0 aliphatic carbocycles. The van der Waals surface area contributed by atoms with Gasteiger partial charge in [-0.05, 0) is 0 Å². The molecule has 0 saturated carbocycles. The summed E-state index contributed by atoms with van der Waals surface area (Å²) >= 11 is 0. The smallest absolute Gasteiger partial charge is 0.100 e. The second-order valence-corrected chi connectivity index (χ2v) is 2.08. The second-order valence-electron chi connectivity index (χ2n) is 2.08. The van der Waals surface area contributed by atoms with E-state index in [1.54, 1.807) is 0 Å². The van der Waals surface area contributed by atoms with E-state index in [1.165, 1.54) is 0 Å². The number of hydrogen-bond acceptors (Lipinski definition) is 6. The molecule has 0 atom stereocenters. The highest BCUT2D eigenvalue weighted by atomic mass is 17.5. The molecule has 3 N–H and O–H groups in total. The number of aliphatic hydroxyl groups excluding tert-OH is 3. The Labute approximate surface area is 70.1 Å². The summed E-state index contributed by atoms with van der Waals surface area (Å²) in [5.41, 5.74) is 0. The fourth-order valence-corrected chi connectivity index (χ4v) is 0.337. The maximum Gasteiger partial charge on any atom is 0.100 e. The van der Waals surface area contributed by atoms with Gasteiger partial charge in [-0.25, -0.2) is 9.78 Å². The van der Waals surface area contributed by atoms with E-state index in [0.29, 0.717) is 13.2 Å². The van der Waals surface area contributed by atoms with Crippen molar-refractivity contribution < 1.29 is 30.1 Å². The van der Waals surface area contributed by atoms with Crippen LogP contribution in [0.25, 0.3) is 0 Å². The molecule has 0 aromatic heterocycles. The van der Waals surface area contributed by atoms with Crippen LogP contribution in [0, 0.1) is 0 Å². The monoisotopic (exact) mass is 182 g/mol. The van der Waals surface area contributed by atoms with Crippen molar-refractivity contribution in [2.24, 2.45) is 0 Å². The maximum atomic E-state index is 8.17. The predicted octanol–water partition coefficient (Wildman–Crippen LogP) is -1.40. The highest BCUT2D eigenvalue weighted by Gasteiger charge is 1.96. The van der Waals surface area contributed by atoms with Gasteiger partial charge in [0.15, 0.2) is 0 Å². The number of hydrogen-bond donors (Lipinski definition) is 3. The molecule has 1 rings (SSSR count). The van der Waals surface area contributed by atoms with Crippen LogP contribution in [0.5, 0.6) is 0 Å². The average Bonchev–Trinajstić information content (AvgIpc) is 2.20. The first-order valence-corrected chi connectivity index (χ1v) is 3.62. The van der Waals surface area contributed by atoms with E-state index in [9.17, 15) is 0 Å². The Balaban J connectivity index is 0.000000202. The van der Waals surface area contributed by atoms with Gasteiger partial charge in [0.05, 0.1) is 26.4 Å². The normalized spacial score (nSPS) is 17.0. The van der Waals surface area contributed by atoms with Crippen molar-refractivity contribution in [1.29, 1.82) is 0 Å². The van der Waals surface area contributed by atoms with Gasteiger partial charge in [0.2, 0.25) is 0 Å². The van der Waals surface area contributed by atoms with Crippen molar-refractivity contribution in [2.45, 2.75) is 12.5 Å². The number of rotatable bonds is 2. The van der Waals surface area contributed by atoms with Crippen LogP contribution in [0.15, 0.2) is 0 Å². The quantitative estimate of drug-likeness (QED) is 0.455. The summed E-state index contributed by atoms with van der Waals surface area (Å²) in [5.74, 6) is 0. The maximum absolute atomic E-state index is 8.17. The van der Waals surface area contributed by atoms with Crippen LogP contribution in [-0.4, -0.2) is 47.9 Å². The molecular formula is C6H14O6. The van der Waals surface area contributed by atoms with Crippen LogP contribution >= 0.6 is 0 Å². The van der Waals surface area contributed by atoms with Crippen molar-refractivity contribution >= 4 is 0 Å². The first-order valence-electron chi connectivity index (χ1n) is 3.62. The predicted molar refractivity (Wildman–Crippen MR) is 37.8 cm³/mol. The largest absolute Gasteiger partial charge is 0.394 e. The lowest BCUT2D eigenvalue weighted by molar-refractivity contribution is -0.532. The lowest BCUT2D eigenvalue weighted by Crippen LogP contribution is -2.15. The molecule has 0 aromatic carbocycles. The van der Waals surface area contributed by atoms with E-state index >= 15 is 0 Å². The first-order chi connectivity index (χ1) is 5.81. The van der Waals surface area contributed by atoms with Crippen molar-refractivity contribution in [3.8, 4) is 0 Å². The molecule has 0 unspecified atom stereocenters. The highest BCUT2D eigenvalue weighted by molar-refractivity contribution is 4.44. The Bertz CT molecular complexity index is 68.6. The molecule has 74 valence electrons. The van der Waals surface area contributed by atoms with E-state index in [1.807, 2.05) is 0 Å². The van der Waals surface area contributed by atoms with Gasteiger partial charge in [0.1, 0.15) is 6.10 Å². The Kier molecular flexibility index (Phi) is 8.68. The van der Waals surface area contributed by atoms with Gasteiger partial charge < -0.3 is 15.3 Å². The lowest BCUT2D eigenvalue weighted by atomic mass is 10.4. The third kappa shape index (κ3) is 7.86. The molecule has 0 bridgehead atoms. The van der Waals surface area contributed by atoms with Crippen LogP contribution in [0.2, 0.25) is 0 Å². The Morgan fingerprint density at radius 1 is 1.08 bits per heavy atom. The summed E-state index contributed by atoms with van der Waals surface area (Å²) < 4.78 is 0. The highest BCUT2D eigenvalue weighted by Crippen LogP contribution is 1.93. The molecular weight excluding hydrogens is 168 g/mol. The molecule has 1 saturated heterocycles. The Hall–Kier alpha value is -0.240. The molecule has 1 heterocycles. The van der Waals surface area contributed by atoms with Crippen molar-refractivity contribution in [2.75, 3.05) is 26.4 Å². The molecule has 12 heavy (non-hydrogen) atoms. The summed E-state index contributed by atoms with van der Waals surface area (Å²) in [6.45, 7) is 0.576. The van der Waals surface area contributed by atoms with Crippen molar-refractivity contribution in [3.05, 3.63) is 0 Å². The van der Waals surface area contributed by atoms with E-state index in [-0.39, 0.29) is 13.2 Å². The fourth-order valence-electron chi connectivity index (χ4n) is 0.337. The summed E-state index contributed by atoms with van der Waals surface area (Å²) in [7, 11) is 0. The van der Waals surface area contributed by atoms with Gasteiger partial charge in [-0.15, -0.1) is 0 Å². The Morgan fingerprint density at radius 3 is 1.67 bits per heavy atom. The van der Waals surface area contributed by atoms with Crippen molar-refractivity contribution in [1.82, 2.24) is 0 Å². The molecule has 1 aliphatic rings. The standard InChI is InChI=1S/C3H6O3.C3H8O3/c1-2-4-6-5-3-1;4-1-3(6)2-5/h1-3H2;3-6H,1-2H2. The molecule has 6 nitrogen and oxygen atoms in total. The summed E-state index contributed by atoms with van der Waals surface area (Å²) in [6.07, 6.45) is -0.0231. The zero-order chi connectivity index (χ0) is 9.23. The summed E-state index contributed by atoms with van der Waals surface area (Å²) in [4.78, 5) is 8.69. The number of aliphatic hydroxyl groups is 3. The third-order valence-corrected chi connectivity index (χ3v) is 0.973. The molecule has 1 aliphatic heterocycles. The molecule has 0 radical (unpaired) electrons. The second kappa shape index (κ2) is 8.85. The Morgan fingerprint density at radius 2 is 1.58 bits per heavy atom. The van der Waals surface area contributed by atoms with Crippen LogP contribution in [0.3, 0.4) is 0 Å². The molecule has 6 heteroatoms. The molecule has 1 fully saturated rings. The zero-order valence-electron chi connectivity index (χ0n) is 6.68. The minimum Gasteiger partial charge on any atom is -0.394 e. The molecule has 0 amide bonds. The van der Waals surface area contributed by atoms with Gasteiger partial charge in [0, 0.05) is 6.42 Å². The van der Waals surface area contributed by atoms with Crippen LogP contribution in [-0.2, 0) is 14.8 Å². The van der Waals surface area contributed by atoms with Gasteiger partial charge in [-0.1, -0.05) is 5.04 Å². The SMILES string of the molecule is C1COOOC1.OCC(O)CO. The minimum absolute atomic E-state index is 0.365. The average molecular weight is 182 g/mol. The van der Waals surface area contributed by atoms with Crippen LogP contribution in [0.1, 0.15) is 6.42 Å². The van der Waals surface area contributed by atoms with E-state index < -0.39 is 6.10 Å². The molecule has 0 aromatic rings. The summed E-state index contributed by atoms with van der Waals surface area (Å²) in [6, 6.07) is 0. The lowest BCUT2D eigenvalue weighted by Gasteiger charge is -2.06. The molecule has 0 spiro atoms. The van der Waals surface area contributed by atoms with E-state index in [0.717, 1.165) is 6.42 Å². The zero-order valence-corrected chi connectivity index (χ0v) is 6.68. The van der Waals surface area contributed by atoms with Crippen LogP contribution in [0.4, 0.5) is 0 Å². The topological polar surface area (TPSA) is 88.4 Å². The third-order valence-electron chi connectivity index (χ3n) is 0.973. The van der Waals surface area contributed by atoms with Crippen molar-refractivity contribution in [3.63, 3.8) is 0 Å². The van der Waals surface area contributed by atoms with Gasteiger partial charge in [-0.3, -0.25) is 0 Å². The van der Waals surface area contributed by atoms with Gasteiger partial charge >= 0.3 is 0 Å². The summed E-state index contributed by atoms with van der Waals surface area (Å²) in [5, 5.41) is 28.1. The van der Waals surface area contributed by atoms with Gasteiger partial charge in [0.25, 0.3) is 0 Å². The van der Waals surface area contributed by atoms with Crippen LogP contribution < -0.4 is 0 Å². The first kappa shape index (κ1) is 11.8. The minimum atomic E-state index is -0.954. The van der Waals surface area contributed by atoms with E-state index in [2.05, 4.69) is 14.8 Å².